The first-order valence-corrected chi connectivity index (χ1v) is 9.19. The standard InChI is InChI=1S/C20H24FN3O/c1-13-10-14(2)12-23(11-13)20(25)19-17-4-3-5-18(17)24(22-19)16-8-6-15(21)7-9-16/h6-9,13-14H,3-5,10-12H2,1-2H3/t13-,14-/m0/s1. The number of carbonyl (C=O) groups excluding carboxylic acids is 1. The Morgan fingerprint density at radius 2 is 1.80 bits per heavy atom. The minimum atomic E-state index is -0.264. The fourth-order valence-corrected chi connectivity index (χ4v) is 4.38. The van der Waals surface area contributed by atoms with E-state index in [4.69, 9.17) is 0 Å². The molecule has 0 bridgehead atoms. The van der Waals surface area contributed by atoms with Gasteiger partial charge < -0.3 is 4.90 Å². The van der Waals surface area contributed by atoms with Gasteiger partial charge in [-0.3, -0.25) is 4.79 Å². The molecule has 5 heteroatoms. The molecule has 1 amide bonds. The Hall–Kier alpha value is -2.17. The van der Waals surface area contributed by atoms with Gasteiger partial charge >= 0.3 is 0 Å². The highest BCUT2D eigenvalue weighted by atomic mass is 19.1. The molecule has 1 aromatic heterocycles. The predicted octanol–water partition coefficient (Wildman–Crippen LogP) is 3.62. The molecule has 1 aliphatic carbocycles. The van der Waals surface area contributed by atoms with E-state index in [9.17, 15) is 9.18 Å². The summed E-state index contributed by atoms with van der Waals surface area (Å²) in [4.78, 5) is 15.1. The van der Waals surface area contributed by atoms with Crippen LogP contribution in [0.4, 0.5) is 4.39 Å². The number of fused-ring (bicyclic) bond motifs is 1. The molecule has 1 aliphatic heterocycles. The van der Waals surface area contributed by atoms with Crippen LogP contribution in [0.25, 0.3) is 5.69 Å². The van der Waals surface area contributed by atoms with E-state index >= 15 is 0 Å². The first kappa shape index (κ1) is 16.3. The van der Waals surface area contributed by atoms with Crippen LogP contribution in [0.15, 0.2) is 24.3 Å². The lowest BCUT2D eigenvalue weighted by Gasteiger charge is -2.34. The first-order valence-electron chi connectivity index (χ1n) is 9.19. The highest BCUT2D eigenvalue weighted by Crippen LogP contribution is 2.30. The van der Waals surface area contributed by atoms with Crippen molar-refractivity contribution >= 4 is 5.91 Å². The topological polar surface area (TPSA) is 38.1 Å². The Labute approximate surface area is 147 Å². The maximum Gasteiger partial charge on any atom is 0.274 e. The van der Waals surface area contributed by atoms with E-state index in [1.807, 2.05) is 9.58 Å². The number of halogens is 1. The number of amides is 1. The van der Waals surface area contributed by atoms with Gasteiger partial charge in [-0.1, -0.05) is 13.8 Å². The molecule has 2 aromatic rings. The molecule has 25 heavy (non-hydrogen) atoms. The maximum atomic E-state index is 13.2. The van der Waals surface area contributed by atoms with Gasteiger partial charge in [0.1, 0.15) is 5.82 Å². The molecule has 132 valence electrons. The quantitative estimate of drug-likeness (QED) is 0.837. The number of aromatic nitrogens is 2. The third-order valence-electron chi connectivity index (χ3n) is 5.36. The zero-order valence-electron chi connectivity index (χ0n) is 14.8. The summed E-state index contributed by atoms with van der Waals surface area (Å²) in [6.45, 7) is 6.03. The van der Waals surface area contributed by atoms with Crippen molar-refractivity contribution in [1.82, 2.24) is 14.7 Å². The number of rotatable bonds is 2. The predicted molar refractivity (Wildman–Crippen MR) is 94.4 cm³/mol. The van der Waals surface area contributed by atoms with Crippen LogP contribution >= 0.6 is 0 Å². The Morgan fingerprint density at radius 1 is 1.12 bits per heavy atom. The Kier molecular flexibility index (Phi) is 4.10. The van der Waals surface area contributed by atoms with E-state index in [0.29, 0.717) is 17.5 Å². The van der Waals surface area contributed by atoms with Gasteiger partial charge in [0.2, 0.25) is 0 Å². The normalized spacial score (nSPS) is 22.9. The molecule has 4 rings (SSSR count). The van der Waals surface area contributed by atoms with Crippen LogP contribution in [-0.2, 0) is 12.8 Å². The van der Waals surface area contributed by atoms with E-state index in [2.05, 4.69) is 18.9 Å². The van der Waals surface area contributed by atoms with Gasteiger partial charge in [0.25, 0.3) is 5.91 Å². The van der Waals surface area contributed by atoms with Crippen LogP contribution in [0.3, 0.4) is 0 Å². The molecule has 0 radical (unpaired) electrons. The van der Waals surface area contributed by atoms with Crippen molar-refractivity contribution in [3.05, 3.63) is 47.0 Å². The molecule has 1 saturated heterocycles. The second-order valence-corrected chi connectivity index (χ2v) is 7.67. The average Bonchev–Trinajstić information content (AvgIpc) is 3.16. The van der Waals surface area contributed by atoms with Gasteiger partial charge in [0.05, 0.1) is 5.69 Å². The minimum absolute atomic E-state index is 0.0532. The molecule has 0 saturated carbocycles. The van der Waals surface area contributed by atoms with Crippen molar-refractivity contribution in [2.75, 3.05) is 13.1 Å². The van der Waals surface area contributed by atoms with Crippen LogP contribution in [0.1, 0.15) is 48.4 Å². The lowest BCUT2D eigenvalue weighted by Crippen LogP contribution is -2.43. The van der Waals surface area contributed by atoms with Crippen molar-refractivity contribution in [2.45, 2.75) is 39.5 Å². The minimum Gasteiger partial charge on any atom is -0.337 e. The molecule has 1 fully saturated rings. The Balaban J connectivity index is 1.70. The fraction of sp³-hybridized carbons (Fsp3) is 0.500. The fourth-order valence-electron chi connectivity index (χ4n) is 4.38. The van der Waals surface area contributed by atoms with Crippen LogP contribution < -0.4 is 0 Å². The number of hydrogen-bond donors (Lipinski definition) is 0. The molecule has 2 aliphatic rings. The van der Waals surface area contributed by atoms with Crippen molar-refractivity contribution in [2.24, 2.45) is 11.8 Å². The third kappa shape index (κ3) is 2.96. The lowest BCUT2D eigenvalue weighted by molar-refractivity contribution is 0.0615. The van der Waals surface area contributed by atoms with Gasteiger partial charge in [-0.2, -0.15) is 5.10 Å². The van der Waals surface area contributed by atoms with Crippen LogP contribution in [0, 0.1) is 17.7 Å². The number of piperidine rings is 1. The smallest absolute Gasteiger partial charge is 0.274 e. The molecule has 4 nitrogen and oxygen atoms in total. The zero-order chi connectivity index (χ0) is 17.6. The summed E-state index contributed by atoms with van der Waals surface area (Å²) < 4.78 is 15.1. The monoisotopic (exact) mass is 341 g/mol. The second-order valence-electron chi connectivity index (χ2n) is 7.67. The molecular formula is C20H24FN3O. The van der Waals surface area contributed by atoms with Crippen molar-refractivity contribution in [1.29, 1.82) is 0 Å². The van der Waals surface area contributed by atoms with Crippen molar-refractivity contribution in [3.8, 4) is 5.69 Å². The highest BCUT2D eigenvalue weighted by molar-refractivity contribution is 5.94. The number of nitrogens with zero attached hydrogens (tertiary/aromatic N) is 3. The van der Waals surface area contributed by atoms with Gasteiger partial charge in [0.15, 0.2) is 5.69 Å². The summed E-state index contributed by atoms with van der Waals surface area (Å²) >= 11 is 0. The van der Waals surface area contributed by atoms with Crippen LogP contribution in [-0.4, -0.2) is 33.7 Å². The van der Waals surface area contributed by atoms with Crippen LogP contribution in [0.2, 0.25) is 0 Å². The Bertz CT molecular complexity index is 786. The first-order chi connectivity index (χ1) is 12.0. The van der Waals surface area contributed by atoms with Crippen LogP contribution in [0.5, 0.6) is 0 Å². The largest absolute Gasteiger partial charge is 0.337 e. The number of likely N-dealkylation sites (tertiary alicyclic amines) is 1. The number of carbonyl (C=O) groups is 1. The lowest BCUT2D eigenvalue weighted by atomic mass is 9.91. The molecule has 0 N–H and O–H groups in total. The summed E-state index contributed by atoms with van der Waals surface area (Å²) in [5.41, 5.74) is 3.60. The summed E-state index contributed by atoms with van der Waals surface area (Å²) in [6.07, 6.45) is 4.03. The zero-order valence-corrected chi connectivity index (χ0v) is 14.8. The van der Waals surface area contributed by atoms with Crippen molar-refractivity contribution < 1.29 is 9.18 Å². The summed E-state index contributed by atoms with van der Waals surface area (Å²) in [6, 6.07) is 6.32. The van der Waals surface area contributed by atoms with E-state index < -0.39 is 0 Å². The molecule has 2 heterocycles. The van der Waals surface area contributed by atoms with Crippen molar-refractivity contribution in [3.63, 3.8) is 0 Å². The highest BCUT2D eigenvalue weighted by Gasteiger charge is 2.32. The average molecular weight is 341 g/mol. The summed E-state index contributed by atoms with van der Waals surface area (Å²) in [5, 5.41) is 4.66. The summed E-state index contributed by atoms with van der Waals surface area (Å²) in [5.74, 6) is 0.845. The number of benzene rings is 1. The van der Waals surface area contributed by atoms with Gasteiger partial charge in [0, 0.05) is 24.3 Å². The number of hydrogen-bond acceptors (Lipinski definition) is 2. The van der Waals surface area contributed by atoms with E-state index in [1.54, 1.807) is 12.1 Å². The van der Waals surface area contributed by atoms with Gasteiger partial charge in [-0.05, 0) is 61.8 Å². The molecular weight excluding hydrogens is 317 g/mol. The molecule has 2 atom stereocenters. The second kappa shape index (κ2) is 6.28. The Morgan fingerprint density at radius 3 is 2.48 bits per heavy atom. The molecule has 0 spiro atoms. The maximum absolute atomic E-state index is 13.2. The van der Waals surface area contributed by atoms with Gasteiger partial charge in [-0.15, -0.1) is 0 Å². The van der Waals surface area contributed by atoms with E-state index in [1.165, 1.54) is 18.6 Å². The summed E-state index contributed by atoms with van der Waals surface area (Å²) in [7, 11) is 0. The van der Waals surface area contributed by atoms with E-state index in [0.717, 1.165) is 49.3 Å². The van der Waals surface area contributed by atoms with Gasteiger partial charge in [-0.25, -0.2) is 9.07 Å². The molecule has 1 aromatic carbocycles. The third-order valence-corrected chi connectivity index (χ3v) is 5.36. The van der Waals surface area contributed by atoms with E-state index in [-0.39, 0.29) is 11.7 Å². The SMILES string of the molecule is C[C@H]1C[C@H](C)CN(C(=O)c2nn(-c3ccc(F)cc3)c3c2CCC3)C1. The molecule has 0 unspecified atom stereocenters.